The van der Waals surface area contributed by atoms with Crippen molar-refractivity contribution < 1.29 is 4.79 Å². The van der Waals surface area contributed by atoms with Gasteiger partial charge in [-0.05, 0) is 38.0 Å². The van der Waals surface area contributed by atoms with E-state index < -0.39 is 0 Å². The predicted molar refractivity (Wildman–Crippen MR) is 84.2 cm³/mol. The van der Waals surface area contributed by atoms with Crippen molar-refractivity contribution in [3.63, 3.8) is 0 Å². The van der Waals surface area contributed by atoms with Gasteiger partial charge in [0.1, 0.15) is 0 Å². The van der Waals surface area contributed by atoms with Crippen molar-refractivity contribution >= 4 is 18.3 Å². The van der Waals surface area contributed by atoms with Gasteiger partial charge in [0.15, 0.2) is 0 Å². The van der Waals surface area contributed by atoms with Gasteiger partial charge in [-0.25, -0.2) is 0 Å². The quantitative estimate of drug-likeness (QED) is 0.769. The van der Waals surface area contributed by atoms with Crippen LogP contribution in [0.1, 0.15) is 70.6 Å². The summed E-state index contributed by atoms with van der Waals surface area (Å²) in [5, 5.41) is 6.89. The van der Waals surface area contributed by atoms with E-state index in [4.69, 9.17) is 0 Å². The molecule has 1 aliphatic heterocycles. The van der Waals surface area contributed by atoms with Crippen LogP contribution < -0.4 is 10.6 Å². The summed E-state index contributed by atoms with van der Waals surface area (Å²) in [6.07, 6.45) is 14.0. The average Bonchev–Trinajstić information content (AvgIpc) is 2.70. The molecule has 3 aliphatic rings. The summed E-state index contributed by atoms with van der Waals surface area (Å²) >= 11 is 0. The molecule has 3 atom stereocenters. The van der Waals surface area contributed by atoms with Crippen LogP contribution in [0.15, 0.2) is 0 Å². The van der Waals surface area contributed by atoms with Crippen LogP contribution >= 0.6 is 12.4 Å². The summed E-state index contributed by atoms with van der Waals surface area (Å²) in [7, 11) is 0. The number of hydrogen-bond donors (Lipinski definition) is 2. The molecule has 0 aromatic carbocycles. The number of rotatable bonds is 2. The molecule has 0 aromatic rings. The predicted octanol–water partition coefficient (Wildman–Crippen LogP) is 3.17. The summed E-state index contributed by atoms with van der Waals surface area (Å²) in [5.41, 5.74) is 0. The minimum atomic E-state index is 0. The Balaban J connectivity index is 0.00000147. The third-order valence-electron chi connectivity index (χ3n) is 5.38. The number of fused-ring (bicyclic) bond motifs is 1. The first kappa shape index (κ1) is 16.1. The molecular formula is C16H29ClN2O. The molecule has 2 aliphatic carbocycles. The number of carbonyl (C=O) groups is 1. The number of nitrogens with one attached hydrogen (secondary N) is 2. The molecular weight excluding hydrogens is 272 g/mol. The monoisotopic (exact) mass is 300 g/mol. The van der Waals surface area contributed by atoms with Crippen LogP contribution in [0.5, 0.6) is 0 Å². The minimum Gasteiger partial charge on any atom is -0.352 e. The maximum atomic E-state index is 12.4. The Hall–Kier alpha value is -0.280. The Morgan fingerprint density at radius 1 is 0.900 bits per heavy atom. The maximum Gasteiger partial charge on any atom is 0.237 e. The number of halogens is 1. The summed E-state index contributed by atoms with van der Waals surface area (Å²) < 4.78 is 0. The highest BCUT2D eigenvalue weighted by molar-refractivity contribution is 5.85. The van der Waals surface area contributed by atoms with Crippen LogP contribution in [0.4, 0.5) is 0 Å². The summed E-state index contributed by atoms with van der Waals surface area (Å²) in [6.45, 7) is 0. The molecule has 2 saturated carbocycles. The van der Waals surface area contributed by atoms with Crippen molar-refractivity contribution in [2.75, 3.05) is 0 Å². The van der Waals surface area contributed by atoms with Crippen molar-refractivity contribution in [1.82, 2.24) is 10.6 Å². The zero-order chi connectivity index (χ0) is 13.1. The Kier molecular flexibility index (Phi) is 6.16. The zero-order valence-corrected chi connectivity index (χ0v) is 13.2. The number of amides is 1. The van der Waals surface area contributed by atoms with Gasteiger partial charge in [-0.1, -0.05) is 38.5 Å². The fourth-order valence-electron chi connectivity index (χ4n) is 4.25. The smallest absolute Gasteiger partial charge is 0.237 e. The SMILES string of the molecule is Cl.O=C(NC1CCCCCC1)C1CC2CCCCC2N1. The highest BCUT2D eigenvalue weighted by atomic mass is 35.5. The fraction of sp³-hybridized carbons (Fsp3) is 0.938. The maximum absolute atomic E-state index is 12.4. The molecule has 3 nitrogen and oxygen atoms in total. The third-order valence-corrected chi connectivity index (χ3v) is 5.38. The van der Waals surface area contributed by atoms with Gasteiger partial charge in [-0.15, -0.1) is 12.4 Å². The second-order valence-corrected chi connectivity index (χ2v) is 6.80. The zero-order valence-electron chi connectivity index (χ0n) is 12.4. The lowest BCUT2D eigenvalue weighted by Gasteiger charge is -2.24. The van der Waals surface area contributed by atoms with Gasteiger partial charge in [-0.3, -0.25) is 4.79 Å². The Morgan fingerprint density at radius 3 is 2.25 bits per heavy atom. The van der Waals surface area contributed by atoms with E-state index in [9.17, 15) is 4.79 Å². The molecule has 0 aromatic heterocycles. The second-order valence-electron chi connectivity index (χ2n) is 6.80. The van der Waals surface area contributed by atoms with E-state index in [1.54, 1.807) is 0 Å². The number of hydrogen-bond acceptors (Lipinski definition) is 2. The summed E-state index contributed by atoms with van der Waals surface area (Å²) in [5.74, 6) is 1.04. The van der Waals surface area contributed by atoms with Crippen molar-refractivity contribution in [3.8, 4) is 0 Å². The molecule has 0 bridgehead atoms. The molecule has 20 heavy (non-hydrogen) atoms. The molecule has 4 heteroatoms. The Bertz CT molecular complexity index is 302. The van der Waals surface area contributed by atoms with E-state index in [2.05, 4.69) is 10.6 Å². The lowest BCUT2D eigenvalue weighted by molar-refractivity contribution is -0.123. The van der Waals surface area contributed by atoms with Gasteiger partial charge in [-0.2, -0.15) is 0 Å². The lowest BCUT2D eigenvalue weighted by atomic mass is 9.85. The highest BCUT2D eigenvalue weighted by Crippen LogP contribution is 2.33. The van der Waals surface area contributed by atoms with Crippen LogP contribution in [-0.2, 0) is 4.79 Å². The molecule has 1 amide bonds. The van der Waals surface area contributed by atoms with Crippen LogP contribution in [-0.4, -0.2) is 24.0 Å². The normalized spacial score (nSPS) is 34.7. The standard InChI is InChI=1S/C16H28N2O.ClH/c19-16(17-13-8-3-1-2-4-9-13)15-11-12-7-5-6-10-14(12)18-15;/h12-15,18H,1-11H2,(H,17,19);1H. The van der Waals surface area contributed by atoms with Crippen molar-refractivity contribution in [2.45, 2.75) is 88.8 Å². The first-order valence-electron chi connectivity index (χ1n) is 8.39. The van der Waals surface area contributed by atoms with Gasteiger partial charge < -0.3 is 10.6 Å². The summed E-state index contributed by atoms with van der Waals surface area (Å²) in [6, 6.07) is 1.16. The molecule has 116 valence electrons. The second kappa shape index (κ2) is 7.65. The molecule has 1 heterocycles. The molecule has 1 saturated heterocycles. The first-order chi connectivity index (χ1) is 9.33. The third kappa shape index (κ3) is 3.88. The summed E-state index contributed by atoms with van der Waals surface area (Å²) in [4.78, 5) is 12.4. The molecule has 3 unspecified atom stereocenters. The van der Waals surface area contributed by atoms with E-state index in [1.165, 1.54) is 64.2 Å². The van der Waals surface area contributed by atoms with Gasteiger partial charge in [0, 0.05) is 12.1 Å². The van der Waals surface area contributed by atoms with E-state index in [0.717, 1.165) is 12.3 Å². The van der Waals surface area contributed by atoms with Gasteiger partial charge in [0.05, 0.1) is 6.04 Å². The minimum absolute atomic E-state index is 0. The molecule has 0 spiro atoms. The molecule has 2 N–H and O–H groups in total. The largest absolute Gasteiger partial charge is 0.352 e. The highest BCUT2D eigenvalue weighted by Gasteiger charge is 2.38. The van der Waals surface area contributed by atoms with Crippen molar-refractivity contribution in [1.29, 1.82) is 0 Å². The topological polar surface area (TPSA) is 41.1 Å². The van der Waals surface area contributed by atoms with Crippen LogP contribution in [0.2, 0.25) is 0 Å². The molecule has 0 radical (unpaired) electrons. The average molecular weight is 301 g/mol. The van der Waals surface area contributed by atoms with E-state index in [0.29, 0.717) is 12.1 Å². The Morgan fingerprint density at radius 2 is 1.55 bits per heavy atom. The van der Waals surface area contributed by atoms with Crippen LogP contribution in [0.3, 0.4) is 0 Å². The molecule has 3 rings (SSSR count). The van der Waals surface area contributed by atoms with E-state index >= 15 is 0 Å². The van der Waals surface area contributed by atoms with E-state index in [1.807, 2.05) is 0 Å². The first-order valence-corrected chi connectivity index (χ1v) is 8.39. The van der Waals surface area contributed by atoms with Gasteiger partial charge >= 0.3 is 0 Å². The van der Waals surface area contributed by atoms with E-state index in [-0.39, 0.29) is 24.4 Å². The van der Waals surface area contributed by atoms with Gasteiger partial charge in [0.2, 0.25) is 5.91 Å². The Labute approximate surface area is 129 Å². The van der Waals surface area contributed by atoms with Crippen molar-refractivity contribution in [3.05, 3.63) is 0 Å². The fourth-order valence-corrected chi connectivity index (χ4v) is 4.25. The van der Waals surface area contributed by atoms with Crippen LogP contribution in [0.25, 0.3) is 0 Å². The van der Waals surface area contributed by atoms with Gasteiger partial charge in [0.25, 0.3) is 0 Å². The van der Waals surface area contributed by atoms with Crippen LogP contribution in [0, 0.1) is 5.92 Å². The number of carbonyl (C=O) groups excluding carboxylic acids is 1. The lowest BCUT2D eigenvalue weighted by Crippen LogP contribution is -2.46. The van der Waals surface area contributed by atoms with Crippen molar-refractivity contribution in [2.24, 2.45) is 5.92 Å². The molecule has 3 fully saturated rings.